The summed E-state index contributed by atoms with van der Waals surface area (Å²) in [6.45, 7) is 5.43. The zero-order chi connectivity index (χ0) is 15.5. The van der Waals surface area contributed by atoms with Crippen molar-refractivity contribution in [3.63, 3.8) is 0 Å². The highest BCUT2D eigenvalue weighted by Crippen LogP contribution is 2.32. The van der Waals surface area contributed by atoms with Gasteiger partial charge in [-0.3, -0.25) is 0 Å². The van der Waals surface area contributed by atoms with E-state index < -0.39 is 10.0 Å². The van der Waals surface area contributed by atoms with E-state index in [1.54, 1.807) is 16.4 Å². The maximum Gasteiger partial charge on any atom is 0.243 e. The van der Waals surface area contributed by atoms with Crippen molar-refractivity contribution in [2.75, 3.05) is 25.4 Å². The Morgan fingerprint density at radius 2 is 1.95 bits per heavy atom. The smallest absolute Gasteiger partial charge is 0.243 e. The van der Waals surface area contributed by atoms with E-state index in [0.717, 1.165) is 17.7 Å². The predicted octanol–water partition coefficient (Wildman–Crippen LogP) is 2.13. The molecule has 1 heterocycles. The first kappa shape index (κ1) is 16.8. The Kier molecular flexibility index (Phi) is 5.35. The van der Waals surface area contributed by atoms with Crippen molar-refractivity contribution in [2.45, 2.75) is 36.3 Å². The first-order valence-corrected chi connectivity index (χ1v) is 9.62. The molecule has 6 heteroatoms. The Morgan fingerprint density at radius 3 is 2.52 bits per heavy atom. The molecular weight excluding hydrogens is 306 g/mol. The van der Waals surface area contributed by atoms with Gasteiger partial charge >= 0.3 is 0 Å². The summed E-state index contributed by atoms with van der Waals surface area (Å²) >= 11 is 1.82. The van der Waals surface area contributed by atoms with Gasteiger partial charge in [-0.05, 0) is 44.4 Å². The number of hydrogen-bond donors (Lipinski definition) is 1. The first-order chi connectivity index (χ1) is 9.85. The van der Waals surface area contributed by atoms with Crippen molar-refractivity contribution >= 4 is 21.8 Å². The molecule has 1 aliphatic rings. The van der Waals surface area contributed by atoms with Gasteiger partial charge in [0.05, 0.1) is 4.90 Å². The first-order valence-electron chi connectivity index (χ1n) is 7.19. The highest BCUT2D eigenvalue weighted by molar-refractivity contribution is 8.00. The van der Waals surface area contributed by atoms with Gasteiger partial charge in [0.1, 0.15) is 0 Å². The molecule has 21 heavy (non-hydrogen) atoms. The van der Waals surface area contributed by atoms with E-state index >= 15 is 0 Å². The van der Waals surface area contributed by atoms with Crippen LogP contribution >= 0.6 is 11.8 Å². The zero-order valence-corrected chi connectivity index (χ0v) is 14.2. The van der Waals surface area contributed by atoms with Gasteiger partial charge in [0.25, 0.3) is 0 Å². The molecule has 0 atom stereocenters. The third-order valence-corrected chi connectivity index (χ3v) is 6.73. The molecule has 0 bridgehead atoms. The molecule has 0 saturated carbocycles. The number of rotatable bonds is 5. The van der Waals surface area contributed by atoms with E-state index in [1.165, 1.54) is 0 Å². The van der Waals surface area contributed by atoms with E-state index in [1.807, 2.05) is 23.9 Å². The van der Waals surface area contributed by atoms with Crippen LogP contribution in [0.4, 0.5) is 0 Å². The molecule has 0 spiro atoms. The minimum Gasteiger partial charge on any atom is -0.396 e. The number of sulfonamides is 1. The van der Waals surface area contributed by atoms with Crippen LogP contribution in [0.1, 0.15) is 25.8 Å². The van der Waals surface area contributed by atoms with Gasteiger partial charge in [-0.1, -0.05) is 12.1 Å². The molecule has 1 saturated heterocycles. The summed E-state index contributed by atoms with van der Waals surface area (Å²) in [6, 6.07) is 7.03. The van der Waals surface area contributed by atoms with Gasteiger partial charge in [-0.15, -0.1) is 0 Å². The summed E-state index contributed by atoms with van der Waals surface area (Å²) in [4.78, 5) is 0.359. The topological polar surface area (TPSA) is 57.6 Å². The van der Waals surface area contributed by atoms with Crippen LogP contribution in [0.5, 0.6) is 0 Å². The van der Waals surface area contributed by atoms with Crippen molar-refractivity contribution in [1.29, 1.82) is 0 Å². The third kappa shape index (κ3) is 4.22. The Morgan fingerprint density at radius 1 is 1.29 bits per heavy atom. The maximum atomic E-state index is 12.7. The molecule has 1 aromatic rings. The number of aliphatic hydroxyl groups is 1. The average Bonchev–Trinajstić information content (AvgIpc) is 2.44. The minimum atomic E-state index is -3.40. The lowest BCUT2D eigenvalue weighted by molar-refractivity contribution is 0.288. The van der Waals surface area contributed by atoms with Crippen molar-refractivity contribution in [2.24, 2.45) is 0 Å². The van der Waals surface area contributed by atoms with Gasteiger partial charge in [-0.2, -0.15) is 16.1 Å². The minimum absolute atomic E-state index is 0.0353. The monoisotopic (exact) mass is 329 g/mol. The van der Waals surface area contributed by atoms with E-state index in [2.05, 4.69) is 13.8 Å². The van der Waals surface area contributed by atoms with Crippen LogP contribution in [-0.2, 0) is 16.4 Å². The fourth-order valence-electron chi connectivity index (χ4n) is 2.44. The van der Waals surface area contributed by atoms with Crippen LogP contribution in [0.15, 0.2) is 29.2 Å². The lowest BCUT2D eigenvalue weighted by Gasteiger charge is -2.36. The predicted molar refractivity (Wildman–Crippen MR) is 87.1 cm³/mol. The highest BCUT2D eigenvalue weighted by Gasteiger charge is 2.34. The van der Waals surface area contributed by atoms with E-state index in [-0.39, 0.29) is 11.4 Å². The molecule has 1 aromatic carbocycles. The summed E-state index contributed by atoms with van der Waals surface area (Å²) in [7, 11) is -3.40. The fourth-order valence-corrected chi connectivity index (χ4v) is 5.35. The number of hydrogen-bond acceptors (Lipinski definition) is 4. The van der Waals surface area contributed by atoms with Crippen LogP contribution in [0.2, 0.25) is 0 Å². The van der Waals surface area contributed by atoms with Crippen LogP contribution in [-0.4, -0.2) is 48.0 Å². The number of benzene rings is 1. The zero-order valence-electron chi connectivity index (χ0n) is 12.6. The van der Waals surface area contributed by atoms with Gasteiger partial charge in [0.15, 0.2) is 0 Å². The quantitative estimate of drug-likeness (QED) is 0.899. The number of aliphatic hydroxyl groups excluding tert-OH is 1. The molecule has 0 aliphatic carbocycles. The Balaban J connectivity index is 2.15. The Bertz CT molecular complexity index is 567. The van der Waals surface area contributed by atoms with Crippen LogP contribution < -0.4 is 0 Å². The van der Waals surface area contributed by atoms with Gasteiger partial charge in [0, 0.05) is 30.2 Å². The molecule has 0 aromatic heterocycles. The summed E-state index contributed by atoms with van der Waals surface area (Å²) in [5, 5.41) is 8.83. The number of aryl methyl sites for hydroxylation is 1. The summed E-state index contributed by atoms with van der Waals surface area (Å²) in [5.74, 6) is 0.834. The largest absolute Gasteiger partial charge is 0.396 e. The highest BCUT2D eigenvalue weighted by atomic mass is 32.2. The Hall–Kier alpha value is -0.560. The summed E-state index contributed by atoms with van der Waals surface area (Å²) in [5.41, 5.74) is 1.05. The van der Waals surface area contributed by atoms with E-state index in [0.29, 0.717) is 24.4 Å². The standard InChI is InChI=1S/C15H23NO3S2/c1-15(2)12-16(9-11-20-15)21(18,19)14-7-5-13(6-8-14)4-3-10-17/h5-8,17H,3-4,9-12H2,1-2H3. The second kappa shape index (κ2) is 6.69. The van der Waals surface area contributed by atoms with Crippen LogP contribution in [0.25, 0.3) is 0 Å². The van der Waals surface area contributed by atoms with Gasteiger partial charge in [0.2, 0.25) is 10.0 Å². The lowest BCUT2D eigenvalue weighted by atomic mass is 10.1. The normalized spacial score (nSPS) is 19.6. The van der Waals surface area contributed by atoms with Crippen LogP contribution in [0, 0.1) is 0 Å². The maximum absolute atomic E-state index is 12.7. The fraction of sp³-hybridized carbons (Fsp3) is 0.600. The molecule has 2 rings (SSSR count). The molecule has 4 nitrogen and oxygen atoms in total. The van der Waals surface area contributed by atoms with Crippen molar-refractivity contribution in [3.05, 3.63) is 29.8 Å². The van der Waals surface area contributed by atoms with E-state index in [4.69, 9.17) is 5.11 Å². The van der Waals surface area contributed by atoms with Gasteiger partial charge in [-0.25, -0.2) is 8.42 Å². The SMILES string of the molecule is CC1(C)CN(S(=O)(=O)c2ccc(CCCO)cc2)CCS1. The number of nitrogens with zero attached hydrogens (tertiary/aromatic N) is 1. The molecular formula is C15H23NO3S2. The van der Waals surface area contributed by atoms with Crippen molar-refractivity contribution < 1.29 is 13.5 Å². The molecule has 1 aliphatic heterocycles. The molecule has 1 N–H and O–H groups in total. The molecule has 0 amide bonds. The van der Waals surface area contributed by atoms with Crippen molar-refractivity contribution in [1.82, 2.24) is 4.31 Å². The van der Waals surface area contributed by atoms with Crippen LogP contribution in [0.3, 0.4) is 0 Å². The summed E-state index contributed by atoms with van der Waals surface area (Å²) < 4.78 is 26.9. The molecule has 0 radical (unpaired) electrons. The van der Waals surface area contributed by atoms with Gasteiger partial charge < -0.3 is 5.11 Å². The molecule has 1 fully saturated rings. The second-order valence-electron chi connectivity index (χ2n) is 5.92. The third-order valence-electron chi connectivity index (χ3n) is 3.58. The lowest BCUT2D eigenvalue weighted by Crippen LogP contribution is -2.46. The summed E-state index contributed by atoms with van der Waals surface area (Å²) in [6.07, 6.45) is 1.47. The number of thioether (sulfide) groups is 1. The van der Waals surface area contributed by atoms with E-state index in [9.17, 15) is 8.42 Å². The second-order valence-corrected chi connectivity index (χ2v) is 9.66. The van der Waals surface area contributed by atoms with Crippen molar-refractivity contribution in [3.8, 4) is 0 Å². The average molecular weight is 329 g/mol. The Labute approximate surface area is 131 Å². The molecule has 118 valence electrons. The molecule has 0 unspecified atom stereocenters.